The highest BCUT2D eigenvalue weighted by atomic mass is 16.5. The second kappa shape index (κ2) is 4.40. The average Bonchev–Trinajstić information content (AvgIpc) is 2.38. The summed E-state index contributed by atoms with van der Waals surface area (Å²) < 4.78 is 5.39. The van der Waals surface area contributed by atoms with Gasteiger partial charge in [-0.1, -0.05) is 25.5 Å². The number of fused-ring (bicyclic) bond motifs is 1. The summed E-state index contributed by atoms with van der Waals surface area (Å²) in [5.74, 6) is 1.85. The lowest BCUT2D eigenvalue weighted by molar-refractivity contribution is -0.00298. The van der Waals surface area contributed by atoms with E-state index in [1.54, 1.807) is 5.57 Å². The van der Waals surface area contributed by atoms with Crippen LogP contribution in [0.25, 0.3) is 0 Å². The van der Waals surface area contributed by atoms with E-state index in [1.165, 1.54) is 25.8 Å². The molecule has 1 heterocycles. The molecule has 2 heteroatoms. The third-order valence-electron chi connectivity index (χ3n) is 5.34. The van der Waals surface area contributed by atoms with Gasteiger partial charge in [0.15, 0.2) is 0 Å². The van der Waals surface area contributed by atoms with Crippen LogP contribution < -0.4 is 0 Å². The summed E-state index contributed by atoms with van der Waals surface area (Å²) >= 11 is 0. The molecule has 4 aliphatic rings. The third-order valence-corrected chi connectivity index (χ3v) is 5.34. The molecule has 0 aromatic carbocycles. The van der Waals surface area contributed by atoms with Gasteiger partial charge in [-0.15, -0.1) is 0 Å². The normalized spacial score (nSPS) is 36.2. The number of rotatable bonds is 3. The Morgan fingerprint density at radius 1 is 1.35 bits per heavy atom. The van der Waals surface area contributed by atoms with Crippen molar-refractivity contribution in [1.82, 2.24) is 4.90 Å². The number of allylic oxidation sites excluding steroid dienone is 1. The van der Waals surface area contributed by atoms with E-state index in [4.69, 9.17) is 4.74 Å². The van der Waals surface area contributed by atoms with Gasteiger partial charge in [0.05, 0.1) is 13.2 Å². The monoisotopic (exact) mass is 235 g/mol. The zero-order chi connectivity index (χ0) is 11.9. The first-order chi connectivity index (χ1) is 8.16. The predicted octanol–water partition coefficient (Wildman–Crippen LogP) is 2.70. The number of ether oxygens (including phenoxy) is 1. The van der Waals surface area contributed by atoms with Gasteiger partial charge in [0.25, 0.3) is 0 Å². The molecular weight excluding hydrogens is 210 g/mol. The smallest absolute Gasteiger partial charge is 0.0594 e. The Labute approximate surface area is 105 Å². The van der Waals surface area contributed by atoms with Crippen molar-refractivity contribution < 1.29 is 4.74 Å². The van der Waals surface area contributed by atoms with E-state index >= 15 is 0 Å². The van der Waals surface area contributed by atoms with Crippen molar-refractivity contribution >= 4 is 0 Å². The predicted molar refractivity (Wildman–Crippen MR) is 70.0 cm³/mol. The van der Waals surface area contributed by atoms with Crippen LogP contribution in [0.3, 0.4) is 0 Å². The van der Waals surface area contributed by atoms with Crippen molar-refractivity contribution in [2.45, 2.75) is 33.1 Å². The molecule has 2 atom stereocenters. The van der Waals surface area contributed by atoms with E-state index in [0.717, 1.165) is 38.1 Å². The first-order valence-corrected chi connectivity index (χ1v) is 7.16. The van der Waals surface area contributed by atoms with E-state index in [1.807, 2.05) is 0 Å². The summed E-state index contributed by atoms with van der Waals surface area (Å²) in [6.07, 6.45) is 6.71. The highest BCUT2D eigenvalue weighted by molar-refractivity contribution is 5.21. The fourth-order valence-corrected chi connectivity index (χ4v) is 3.67. The van der Waals surface area contributed by atoms with Gasteiger partial charge in [-0.3, -0.25) is 4.90 Å². The standard InChI is InChI=1S/C15H25NO/c1-15(2)13-9-12(10-14(15)11-13)3-4-16-5-7-17-8-6-16/h9,13-14H,3-8,10-11H2,1-2H3/t13-,14+/m0/s1. The largest absolute Gasteiger partial charge is 0.379 e. The minimum absolute atomic E-state index is 0.600. The number of hydrogen-bond donors (Lipinski definition) is 0. The Morgan fingerprint density at radius 3 is 2.71 bits per heavy atom. The maximum atomic E-state index is 5.39. The number of nitrogens with zero attached hydrogens (tertiary/aromatic N) is 1. The summed E-state index contributed by atoms with van der Waals surface area (Å²) in [4.78, 5) is 2.55. The lowest BCUT2D eigenvalue weighted by Gasteiger charge is -2.55. The van der Waals surface area contributed by atoms with E-state index in [2.05, 4.69) is 24.8 Å². The molecule has 2 nitrogen and oxygen atoms in total. The first-order valence-electron chi connectivity index (χ1n) is 7.16. The van der Waals surface area contributed by atoms with Gasteiger partial charge in [-0.2, -0.15) is 0 Å². The minimum Gasteiger partial charge on any atom is -0.379 e. The molecule has 0 aromatic rings. The fraction of sp³-hybridized carbons (Fsp3) is 0.867. The molecule has 0 amide bonds. The molecule has 2 bridgehead atoms. The van der Waals surface area contributed by atoms with E-state index in [0.29, 0.717) is 5.41 Å². The maximum Gasteiger partial charge on any atom is 0.0594 e. The van der Waals surface area contributed by atoms with E-state index in [-0.39, 0.29) is 0 Å². The Hall–Kier alpha value is -0.340. The summed E-state index contributed by atoms with van der Waals surface area (Å²) in [5, 5.41) is 0. The summed E-state index contributed by atoms with van der Waals surface area (Å²) in [6, 6.07) is 0. The molecule has 0 radical (unpaired) electrons. The molecule has 1 saturated heterocycles. The Balaban J connectivity index is 1.50. The lowest BCUT2D eigenvalue weighted by Crippen LogP contribution is -2.47. The number of hydrogen-bond acceptors (Lipinski definition) is 2. The maximum absolute atomic E-state index is 5.39. The average molecular weight is 235 g/mol. The van der Waals surface area contributed by atoms with Crippen LogP contribution in [0.4, 0.5) is 0 Å². The van der Waals surface area contributed by atoms with Crippen LogP contribution in [0, 0.1) is 17.3 Å². The molecule has 17 heavy (non-hydrogen) atoms. The van der Waals surface area contributed by atoms with Crippen LogP contribution in [-0.2, 0) is 4.74 Å². The minimum atomic E-state index is 0.600. The van der Waals surface area contributed by atoms with Crippen molar-refractivity contribution in [3.63, 3.8) is 0 Å². The van der Waals surface area contributed by atoms with Gasteiger partial charge in [0.2, 0.25) is 0 Å². The van der Waals surface area contributed by atoms with Crippen molar-refractivity contribution in [2.75, 3.05) is 32.8 Å². The molecule has 1 saturated carbocycles. The summed E-state index contributed by atoms with van der Waals surface area (Å²) in [7, 11) is 0. The van der Waals surface area contributed by atoms with E-state index < -0.39 is 0 Å². The van der Waals surface area contributed by atoms with Gasteiger partial charge in [0, 0.05) is 19.6 Å². The fourth-order valence-electron chi connectivity index (χ4n) is 3.67. The Morgan fingerprint density at radius 2 is 2.12 bits per heavy atom. The SMILES string of the molecule is CC1(C)[C@@H]2CC(CCN3CCOCC3)=C[C@H]1C2. The van der Waals surface area contributed by atoms with E-state index in [9.17, 15) is 0 Å². The molecule has 0 unspecified atom stereocenters. The zero-order valence-electron chi connectivity index (χ0n) is 11.2. The molecule has 96 valence electrons. The van der Waals surface area contributed by atoms with Crippen molar-refractivity contribution in [1.29, 1.82) is 0 Å². The van der Waals surface area contributed by atoms with Crippen LogP contribution in [0.1, 0.15) is 33.1 Å². The van der Waals surface area contributed by atoms with Crippen molar-refractivity contribution in [3.05, 3.63) is 11.6 Å². The molecule has 0 aromatic heterocycles. The van der Waals surface area contributed by atoms with Crippen LogP contribution in [0.15, 0.2) is 11.6 Å². The number of morpholine rings is 1. The Bertz CT molecular complexity index is 315. The third kappa shape index (κ3) is 2.17. The van der Waals surface area contributed by atoms with Crippen LogP contribution in [0.2, 0.25) is 0 Å². The van der Waals surface area contributed by atoms with Gasteiger partial charge >= 0.3 is 0 Å². The van der Waals surface area contributed by atoms with Gasteiger partial charge in [0.1, 0.15) is 0 Å². The van der Waals surface area contributed by atoms with Gasteiger partial charge in [-0.25, -0.2) is 0 Å². The highest BCUT2D eigenvalue weighted by Crippen LogP contribution is 2.58. The van der Waals surface area contributed by atoms with Gasteiger partial charge in [-0.05, 0) is 36.5 Å². The second-order valence-electron chi connectivity index (χ2n) is 6.59. The topological polar surface area (TPSA) is 12.5 Å². The molecule has 3 aliphatic carbocycles. The lowest BCUT2D eigenvalue weighted by atomic mass is 9.50. The quantitative estimate of drug-likeness (QED) is 0.697. The van der Waals surface area contributed by atoms with Crippen LogP contribution >= 0.6 is 0 Å². The van der Waals surface area contributed by atoms with Gasteiger partial charge < -0.3 is 4.74 Å². The molecular formula is C15H25NO. The molecule has 0 spiro atoms. The van der Waals surface area contributed by atoms with Crippen LogP contribution in [0.5, 0.6) is 0 Å². The van der Waals surface area contributed by atoms with Crippen LogP contribution in [-0.4, -0.2) is 37.7 Å². The summed E-state index contributed by atoms with van der Waals surface area (Å²) in [6.45, 7) is 10.3. The molecule has 0 N–H and O–H groups in total. The molecule has 2 fully saturated rings. The Kier molecular flexibility index (Phi) is 3.04. The van der Waals surface area contributed by atoms with Crippen molar-refractivity contribution in [3.8, 4) is 0 Å². The molecule has 1 aliphatic heterocycles. The summed E-state index contributed by atoms with van der Waals surface area (Å²) in [5.41, 5.74) is 2.33. The molecule has 4 rings (SSSR count). The highest BCUT2D eigenvalue weighted by Gasteiger charge is 2.49. The zero-order valence-corrected chi connectivity index (χ0v) is 11.2. The first kappa shape index (κ1) is 11.7. The second-order valence-corrected chi connectivity index (χ2v) is 6.59. The van der Waals surface area contributed by atoms with Crippen molar-refractivity contribution in [2.24, 2.45) is 17.3 Å².